The molecule has 0 radical (unpaired) electrons. The van der Waals surface area contributed by atoms with Crippen LogP contribution in [-0.4, -0.2) is 22.6 Å². The lowest BCUT2D eigenvalue weighted by Crippen LogP contribution is -2.24. The second-order valence-corrected chi connectivity index (χ2v) is 10.8. The van der Waals surface area contributed by atoms with E-state index in [4.69, 9.17) is 4.42 Å². The highest BCUT2D eigenvalue weighted by molar-refractivity contribution is 8.01. The highest BCUT2D eigenvalue weighted by Gasteiger charge is 2.15. The molecule has 4 rings (SSSR count). The zero-order valence-corrected chi connectivity index (χ0v) is 20.3. The molecule has 0 spiro atoms. The molecule has 2 aromatic heterocycles. The minimum absolute atomic E-state index is 0.0437. The summed E-state index contributed by atoms with van der Waals surface area (Å²) in [6.45, 7) is 6.80. The molecule has 0 saturated heterocycles. The highest BCUT2D eigenvalue weighted by Crippen LogP contribution is 2.31. The first kappa shape index (κ1) is 23.1. The number of thiazole rings is 1. The minimum atomic E-state index is -0.151. The zero-order valence-electron chi connectivity index (χ0n) is 18.7. The van der Waals surface area contributed by atoms with Gasteiger partial charge in [0.05, 0.1) is 28.8 Å². The summed E-state index contributed by atoms with van der Waals surface area (Å²) in [6.07, 6.45) is 1.58. The molecule has 2 amide bonds. The first-order valence-electron chi connectivity index (χ1n) is 10.5. The molecule has 0 fully saturated rings. The van der Waals surface area contributed by atoms with E-state index in [1.54, 1.807) is 12.3 Å². The Morgan fingerprint density at radius 3 is 2.58 bits per heavy atom. The van der Waals surface area contributed by atoms with Crippen molar-refractivity contribution >= 4 is 50.8 Å². The van der Waals surface area contributed by atoms with E-state index in [-0.39, 0.29) is 23.0 Å². The van der Waals surface area contributed by atoms with Gasteiger partial charge < -0.3 is 15.1 Å². The number of hydrogen-bond acceptors (Lipinski definition) is 6. The fourth-order valence-corrected chi connectivity index (χ4v) is 5.08. The van der Waals surface area contributed by atoms with E-state index in [0.29, 0.717) is 23.6 Å². The van der Waals surface area contributed by atoms with Crippen LogP contribution in [0.15, 0.2) is 69.6 Å². The number of carbonyl (C=O) groups excluding carboxylic acids is 2. The number of anilines is 1. The molecule has 0 aliphatic heterocycles. The molecule has 33 heavy (non-hydrogen) atoms. The van der Waals surface area contributed by atoms with Gasteiger partial charge in [-0.1, -0.05) is 44.7 Å². The second-order valence-electron chi connectivity index (χ2n) is 8.59. The highest BCUT2D eigenvalue weighted by atomic mass is 32.2. The molecule has 2 heterocycles. The quantitative estimate of drug-likeness (QED) is 0.325. The maximum atomic E-state index is 12.7. The van der Waals surface area contributed by atoms with E-state index >= 15 is 0 Å². The topological polar surface area (TPSA) is 84.2 Å². The van der Waals surface area contributed by atoms with Gasteiger partial charge in [0, 0.05) is 11.3 Å². The Bertz CT molecular complexity index is 1260. The Morgan fingerprint density at radius 2 is 1.88 bits per heavy atom. The van der Waals surface area contributed by atoms with Gasteiger partial charge in [0.15, 0.2) is 4.34 Å². The van der Waals surface area contributed by atoms with Crippen molar-refractivity contribution in [2.75, 3.05) is 11.1 Å². The number of aromatic nitrogens is 1. The molecule has 0 atom stereocenters. The normalized spacial score (nSPS) is 11.5. The lowest BCUT2D eigenvalue weighted by molar-refractivity contribution is -0.118. The van der Waals surface area contributed by atoms with Gasteiger partial charge in [-0.25, -0.2) is 4.98 Å². The molecule has 0 bridgehead atoms. The van der Waals surface area contributed by atoms with E-state index in [1.165, 1.54) is 28.7 Å². The number of nitrogens with zero attached hydrogens (tertiary/aromatic N) is 1. The third-order valence-electron chi connectivity index (χ3n) is 5.01. The van der Waals surface area contributed by atoms with E-state index in [1.807, 2.05) is 48.5 Å². The summed E-state index contributed by atoms with van der Waals surface area (Å²) in [6, 6.07) is 16.9. The number of thioether (sulfide) groups is 1. The predicted molar refractivity (Wildman–Crippen MR) is 134 cm³/mol. The lowest BCUT2D eigenvalue weighted by atomic mass is 9.87. The Hall–Kier alpha value is -3.10. The summed E-state index contributed by atoms with van der Waals surface area (Å²) in [5.74, 6) is 0.755. The molecule has 170 valence electrons. The lowest BCUT2D eigenvalue weighted by Gasteiger charge is -2.19. The molecule has 0 unspecified atom stereocenters. The number of carbonyl (C=O) groups is 2. The van der Waals surface area contributed by atoms with E-state index in [2.05, 4.69) is 36.4 Å². The van der Waals surface area contributed by atoms with Crippen molar-refractivity contribution in [2.24, 2.45) is 0 Å². The number of fused-ring (bicyclic) bond motifs is 1. The molecular weight excluding hydrogens is 454 g/mol. The molecule has 0 aliphatic carbocycles. The van der Waals surface area contributed by atoms with Crippen LogP contribution in [0.4, 0.5) is 5.69 Å². The maximum absolute atomic E-state index is 12.7. The number of nitrogens with one attached hydrogen (secondary N) is 2. The van der Waals surface area contributed by atoms with Gasteiger partial charge in [-0.3, -0.25) is 9.59 Å². The number of furan rings is 1. The third-order valence-corrected chi connectivity index (χ3v) is 7.17. The fourth-order valence-electron chi connectivity index (χ4n) is 3.15. The van der Waals surface area contributed by atoms with Crippen molar-refractivity contribution < 1.29 is 14.0 Å². The molecule has 2 N–H and O–H groups in total. The average molecular weight is 480 g/mol. The monoisotopic (exact) mass is 479 g/mol. The number of amides is 2. The average Bonchev–Trinajstić information content (AvgIpc) is 3.45. The molecular formula is C25H25N3O3S2. The summed E-state index contributed by atoms with van der Waals surface area (Å²) in [5, 5.41) is 5.78. The van der Waals surface area contributed by atoms with Gasteiger partial charge in [-0.05, 0) is 53.4 Å². The smallest absolute Gasteiger partial charge is 0.255 e. The van der Waals surface area contributed by atoms with E-state index in [9.17, 15) is 9.59 Å². The molecule has 2 aromatic carbocycles. The Morgan fingerprint density at radius 1 is 1.09 bits per heavy atom. The van der Waals surface area contributed by atoms with Crippen molar-refractivity contribution in [1.29, 1.82) is 0 Å². The van der Waals surface area contributed by atoms with Crippen LogP contribution < -0.4 is 10.6 Å². The zero-order chi connectivity index (χ0) is 23.4. The summed E-state index contributed by atoms with van der Waals surface area (Å²) >= 11 is 2.89. The fraction of sp³-hybridized carbons (Fsp3) is 0.240. The Balaban J connectivity index is 1.35. The van der Waals surface area contributed by atoms with Gasteiger partial charge in [0.25, 0.3) is 5.91 Å². The number of benzene rings is 2. The third kappa shape index (κ3) is 6.03. The van der Waals surface area contributed by atoms with Gasteiger partial charge in [0.2, 0.25) is 5.91 Å². The van der Waals surface area contributed by atoms with Crippen molar-refractivity contribution in [3.63, 3.8) is 0 Å². The van der Waals surface area contributed by atoms with Crippen LogP contribution >= 0.6 is 23.1 Å². The summed E-state index contributed by atoms with van der Waals surface area (Å²) < 4.78 is 6.97. The maximum Gasteiger partial charge on any atom is 0.255 e. The number of hydrogen-bond donors (Lipinski definition) is 2. The van der Waals surface area contributed by atoms with Gasteiger partial charge in [-0.15, -0.1) is 11.3 Å². The number of rotatable bonds is 7. The Kier molecular flexibility index (Phi) is 6.85. The van der Waals surface area contributed by atoms with Crippen molar-refractivity contribution in [3.05, 3.63) is 77.7 Å². The van der Waals surface area contributed by atoms with Crippen molar-refractivity contribution in [3.8, 4) is 0 Å². The summed E-state index contributed by atoms with van der Waals surface area (Å²) in [7, 11) is 0. The molecule has 4 aromatic rings. The second kappa shape index (κ2) is 9.80. The summed E-state index contributed by atoms with van der Waals surface area (Å²) in [4.78, 5) is 29.3. The molecule has 6 nitrogen and oxygen atoms in total. The van der Waals surface area contributed by atoms with Crippen LogP contribution in [0.1, 0.15) is 42.5 Å². The van der Waals surface area contributed by atoms with Gasteiger partial charge in [-0.2, -0.15) is 0 Å². The van der Waals surface area contributed by atoms with Crippen molar-refractivity contribution in [1.82, 2.24) is 10.3 Å². The first-order valence-corrected chi connectivity index (χ1v) is 12.3. The van der Waals surface area contributed by atoms with Crippen molar-refractivity contribution in [2.45, 2.75) is 37.1 Å². The largest absolute Gasteiger partial charge is 0.467 e. The molecule has 0 aliphatic rings. The van der Waals surface area contributed by atoms with Crippen LogP contribution in [0.5, 0.6) is 0 Å². The Labute approximate surface area is 200 Å². The summed E-state index contributed by atoms with van der Waals surface area (Å²) in [5.41, 5.74) is 3.39. The van der Waals surface area contributed by atoms with Gasteiger partial charge in [0.1, 0.15) is 5.76 Å². The van der Waals surface area contributed by atoms with Crippen LogP contribution in [0.25, 0.3) is 10.2 Å². The van der Waals surface area contributed by atoms with E-state index in [0.717, 1.165) is 14.6 Å². The van der Waals surface area contributed by atoms with Crippen LogP contribution in [0.3, 0.4) is 0 Å². The van der Waals surface area contributed by atoms with Crippen LogP contribution in [0, 0.1) is 0 Å². The minimum Gasteiger partial charge on any atom is -0.467 e. The predicted octanol–water partition coefficient (Wildman–Crippen LogP) is 5.85. The molecule has 8 heteroatoms. The standard InChI is InChI=1S/C25H25N3O3S2/c1-25(2,3)17-8-6-16(7-9-17)23(30)27-18-10-11-20-21(13-18)33-24(28-20)32-15-22(29)26-14-19-5-4-12-31-19/h4-13H,14-15H2,1-3H3,(H,26,29)(H,27,30). The van der Waals surface area contributed by atoms with E-state index < -0.39 is 0 Å². The van der Waals surface area contributed by atoms with Crippen LogP contribution in [0.2, 0.25) is 0 Å². The van der Waals surface area contributed by atoms with Crippen LogP contribution in [-0.2, 0) is 16.8 Å². The molecule has 0 saturated carbocycles. The first-order chi connectivity index (χ1) is 15.8. The SMILES string of the molecule is CC(C)(C)c1ccc(C(=O)Nc2ccc3nc(SCC(=O)NCc4ccco4)sc3c2)cc1. The van der Waals surface area contributed by atoms with Gasteiger partial charge >= 0.3 is 0 Å².